The zero-order chi connectivity index (χ0) is 15.8. The Kier molecular flexibility index (Phi) is 4.31. The maximum Gasteiger partial charge on any atom is 0.290 e. The molecule has 1 heterocycles. The molecule has 1 aromatic rings. The van der Waals surface area contributed by atoms with Crippen molar-refractivity contribution in [1.82, 2.24) is 4.31 Å². The lowest BCUT2D eigenvalue weighted by atomic mass is 10.0. The van der Waals surface area contributed by atoms with Gasteiger partial charge in [0.15, 0.2) is 4.90 Å². The van der Waals surface area contributed by atoms with E-state index >= 15 is 0 Å². The lowest BCUT2D eigenvalue weighted by molar-refractivity contribution is -0.387. The third-order valence-electron chi connectivity index (χ3n) is 3.37. The van der Waals surface area contributed by atoms with Crippen molar-refractivity contribution >= 4 is 33.1 Å². The van der Waals surface area contributed by atoms with Gasteiger partial charge in [-0.1, -0.05) is 18.5 Å². The van der Waals surface area contributed by atoms with E-state index in [4.69, 9.17) is 11.6 Å². The number of sulfonamides is 1. The number of hydrogen-bond acceptors (Lipinski definition) is 5. The maximum atomic E-state index is 12.5. The Bertz CT molecular complexity index is 704. The van der Waals surface area contributed by atoms with Crippen molar-refractivity contribution < 1.29 is 18.1 Å². The van der Waals surface area contributed by atoms with Gasteiger partial charge in [-0.2, -0.15) is 4.31 Å². The lowest BCUT2D eigenvalue weighted by Crippen LogP contribution is -2.43. The minimum Gasteiger partial charge on any atom is -0.299 e. The van der Waals surface area contributed by atoms with Crippen LogP contribution in [0.5, 0.6) is 0 Å². The van der Waals surface area contributed by atoms with Crippen LogP contribution < -0.4 is 0 Å². The molecule has 1 atom stereocenters. The Balaban J connectivity index is 2.45. The molecule has 1 saturated heterocycles. The largest absolute Gasteiger partial charge is 0.299 e. The first-order chi connectivity index (χ1) is 9.73. The highest BCUT2D eigenvalue weighted by Crippen LogP contribution is 2.31. The predicted molar refractivity (Wildman–Crippen MR) is 75.7 cm³/mol. The normalized spacial score (nSPS) is 20.5. The number of carbonyl (C=O) groups excluding carboxylic acids is 1. The Morgan fingerprint density at radius 2 is 2.10 bits per heavy atom. The van der Waals surface area contributed by atoms with Gasteiger partial charge < -0.3 is 0 Å². The summed E-state index contributed by atoms with van der Waals surface area (Å²) in [6.07, 6.45) is 0.113. The van der Waals surface area contributed by atoms with E-state index in [1.54, 1.807) is 6.92 Å². The van der Waals surface area contributed by atoms with Crippen molar-refractivity contribution in [3.05, 3.63) is 33.3 Å². The monoisotopic (exact) mass is 332 g/mol. The summed E-state index contributed by atoms with van der Waals surface area (Å²) in [6, 6.07) is 3.42. The van der Waals surface area contributed by atoms with Crippen molar-refractivity contribution in [2.75, 3.05) is 13.1 Å². The third-order valence-corrected chi connectivity index (χ3v) is 5.52. The Morgan fingerprint density at radius 1 is 1.43 bits per heavy atom. The molecule has 2 rings (SSSR count). The third kappa shape index (κ3) is 3.07. The number of nitrogens with zero attached hydrogens (tertiary/aromatic N) is 2. The van der Waals surface area contributed by atoms with Gasteiger partial charge in [-0.25, -0.2) is 8.42 Å². The highest BCUT2D eigenvalue weighted by atomic mass is 35.5. The number of Topliss-reactive ketones (excluding diaryl/α,β-unsaturated/α-hetero) is 1. The molecule has 7 nitrogen and oxygen atoms in total. The number of piperidine rings is 1. The van der Waals surface area contributed by atoms with Gasteiger partial charge in [0, 0.05) is 36.5 Å². The summed E-state index contributed by atoms with van der Waals surface area (Å²) >= 11 is 5.68. The van der Waals surface area contributed by atoms with Gasteiger partial charge in [-0.15, -0.1) is 0 Å². The second-order valence-electron chi connectivity index (χ2n) is 4.85. The minimum atomic E-state index is -4.03. The molecule has 1 unspecified atom stereocenters. The molecule has 0 bridgehead atoms. The average Bonchev–Trinajstić information content (AvgIpc) is 2.41. The molecule has 0 saturated carbocycles. The molecule has 9 heteroatoms. The molecule has 0 spiro atoms. The Labute approximate surface area is 126 Å². The zero-order valence-corrected chi connectivity index (χ0v) is 12.7. The summed E-state index contributed by atoms with van der Waals surface area (Å²) < 4.78 is 26.2. The van der Waals surface area contributed by atoms with E-state index in [0.717, 1.165) is 16.4 Å². The van der Waals surface area contributed by atoms with E-state index in [1.807, 2.05) is 0 Å². The number of ketones is 1. The van der Waals surface area contributed by atoms with Crippen molar-refractivity contribution in [2.24, 2.45) is 5.92 Å². The van der Waals surface area contributed by atoms with E-state index in [-0.39, 0.29) is 30.3 Å². The molecule has 1 aliphatic heterocycles. The molecule has 0 N–H and O–H groups in total. The average molecular weight is 333 g/mol. The SMILES string of the molecule is CC1CN(S(=O)(=O)c2ccc(Cl)cc2[N+](=O)[O-])CCC1=O. The van der Waals surface area contributed by atoms with Crippen LogP contribution in [0.3, 0.4) is 0 Å². The topological polar surface area (TPSA) is 97.6 Å². The first kappa shape index (κ1) is 15.9. The first-order valence-electron chi connectivity index (χ1n) is 6.20. The second-order valence-corrected chi connectivity index (χ2v) is 7.19. The van der Waals surface area contributed by atoms with E-state index in [2.05, 4.69) is 0 Å². The highest BCUT2D eigenvalue weighted by molar-refractivity contribution is 7.89. The van der Waals surface area contributed by atoms with Crippen molar-refractivity contribution in [3.8, 4) is 0 Å². The van der Waals surface area contributed by atoms with Crippen LogP contribution in [0.4, 0.5) is 5.69 Å². The number of benzene rings is 1. The van der Waals surface area contributed by atoms with Gasteiger partial charge in [-0.3, -0.25) is 14.9 Å². The zero-order valence-electron chi connectivity index (χ0n) is 11.2. The number of hydrogen-bond donors (Lipinski definition) is 0. The van der Waals surface area contributed by atoms with Crippen LogP contribution in [-0.4, -0.2) is 36.5 Å². The Morgan fingerprint density at radius 3 is 2.67 bits per heavy atom. The Hall–Kier alpha value is -1.51. The molecule has 0 amide bonds. The number of carbonyl (C=O) groups is 1. The van der Waals surface area contributed by atoms with Crippen molar-refractivity contribution in [1.29, 1.82) is 0 Å². The van der Waals surface area contributed by atoms with Crippen LogP contribution in [0.2, 0.25) is 5.02 Å². The summed E-state index contributed by atoms with van der Waals surface area (Å²) in [7, 11) is -4.03. The van der Waals surface area contributed by atoms with Gasteiger partial charge in [0.25, 0.3) is 5.69 Å². The first-order valence-corrected chi connectivity index (χ1v) is 8.02. The number of nitro groups is 1. The van der Waals surface area contributed by atoms with Crippen LogP contribution >= 0.6 is 11.6 Å². The molecular formula is C12H13ClN2O5S. The fraction of sp³-hybridized carbons (Fsp3) is 0.417. The van der Waals surface area contributed by atoms with Gasteiger partial charge in [0.1, 0.15) is 5.78 Å². The second kappa shape index (κ2) is 5.70. The lowest BCUT2D eigenvalue weighted by Gasteiger charge is -2.29. The smallest absolute Gasteiger partial charge is 0.290 e. The van der Waals surface area contributed by atoms with Crippen LogP contribution in [-0.2, 0) is 14.8 Å². The molecule has 1 fully saturated rings. The summed E-state index contributed by atoms with van der Waals surface area (Å²) in [4.78, 5) is 21.3. The highest BCUT2D eigenvalue weighted by Gasteiger charge is 2.36. The van der Waals surface area contributed by atoms with E-state index in [0.29, 0.717) is 0 Å². The van der Waals surface area contributed by atoms with Crippen molar-refractivity contribution in [2.45, 2.75) is 18.2 Å². The molecule has 0 aromatic heterocycles. The molecule has 21 heavy (non-hydrogen) atoms. The molecule has 0 radical (unpaired) electrons. The quantitative estimate of drug-likeness (QED) is 0.621. The fourth-order valence-corrected chi connectivity index (χ4v) is 4.02. The molecule has 1 aromatic carbocycles. The van der Waals surface area contributed by atoms with Gasteiger partial charge in [-0.05, 0) is 12.1 Å². The molecule has 0 aliphatic carbocycles. The van der Waals surface area contributed by atoms with Gasteiger partial charge in [0.2, 0.25) is 10.0 Å². The summed E-state index contributed by atoms with van der Waals surface area (Å²) in [5.41, 5.74) is -0.563. The fourth-order valence-electron chi connectivity index (χ4n) is 2.19. The summed E-state index contributed by atoms with van der Waals surface area (Å²) in [5.74, 6) is -0.424. The summed E-state index contributed by atoms with van der Waals surface area (Å²) in [6.45, 7) is 1.70. The van der Waals surface area contributed by atoms with Crippen LogP contribution in [0.1, 0.15) is 13.3 Å². The minimum absolute atomic E-state index is 0.00736. The molecule has 114 valence electrons. The van der Waals surface area contributed by atoms with Gasteiger partial charge >= 0.3 is 0 Å². The standard InChI is InChI=1S/C12H13ClN2O5S/c1-8-7-14(5-4-11(8)16)21(19,20)12-3-2-9(13)6-10(12)15(17)18/h2-3,6,8H,4-5,7H2,1H3. The predicted octanol–water partition coefficient (Wildman–Crippen LogP) is 1.85. The molecular weight excluding hydrogens is 320 g/mol. The number of halogens is 1. The molecule has 1 aliphatic rings. The van der Waals surface area contributed by atoms with E-state index in [1.165, 1.54) is 6.07 Å². The van der Waals surface area contributed by atoms with E-state index in [9.17, 15) is 23.3 Å². The van der Waals surface area contributed by atoms with E-state index < -0.39 is 31.4 Å². The van der Waals surface area contributed by atoms with Crippen molar-refractivity contribution in [3.63, 3.8) is 0 Å². The number of rotatable bonds is 3. The maximum absolute atomic E-state index is 12.5. The van der Waals surface area contributed by atoms with Crippen LogP contribution in [0.15, 0.2) is 23.1 Å². The summed E-state index contributed by atoms with van der Waals surface area (Å²) in [5, 5.41) is 11.1. The van der Waals surface area contributed by atoms with Crippen LogP contribution in [0.25, 0.3) is 0 Å². The number of nitro benzene ring substituents is 1. The van der Waals surface area contributed by atoms with Crippen LogP contribution in [0, 0.1) is 16.0 Å². The van der Waals surface area contributed by atoms with Gasteiger partial charge in [0.05, 0.1) is 4.92 Å².